The van der Waals surface area contributed by atoms with Crippen LogP contribution in [-0.4, -0.2) is 5.11 Å². The third kappa shape index (κ3) is 3.28. The fourth-order valence-corrected chi connectivity index (χ4v) is 0.157. The number of aliphatic hydroxyl groups is 1. The number of allylic oxidation sites excluding steroid dienone is 2. The van der Waals surface area contributed by atoms with E-state index in [1.54, 1.807) is 12.2 Å². The second-order valence-electron chi connectivity index (χ2n) is 0.909. The van der Waals surface area contributed by atoms with E-state index in [1.165, 1.54) is 0 Å². The van der Waals surface area contributed by atoms with Gasteiger partial charge in [-0.1, -0.05) is 6.08 Å². The van der Waals surface area contributed by atoms with E-state index in [0.29, 0.717) is 0 Å². The summed E-state index contributed by atoms with van der Waals surface area (Å²) in [6, 6.07) is 0. The molecule has 0 heterocycles. The molecule has 0 spiro atoms. The summed E-state index contributed by atoms with van der Waals surface area (Å²) >= 11 is 0. The van der Waals surface area contributed by atoms with E-state index in [1.807, 2.05) is 0 Å². The van der Waals surface area contributed by atoms with Gasteiger partial charge in [0.1, 0.15) is 0 Å². The number of rotatable bonds is 2. The summed E-state index contributed by atoms with van der Waals surface area (Å²) in [5.41, 5.74) is 0. The van der Waals surface area contributed by atoms with Crippen molar-refractivity contribution in [1.82, 2.24) is 0 Å². The Morgan fingerprint density at radius 3 is 2.50 bits per heavy atom. The number of hydrogen-bond donors (Lipinski definition) is 1. The summed E-state index contributed by atoms with van der Waals surface area (Å²) in [6.45, 7) is 3.44. The first-order valence-corrected chi connectivity index (χ1v) is 1.82. The van der Waals surface area contributed by atoms with Crippen molar-refractivity contribution in [3.8, 4) is 0 Å². The summed E-state index contributed by atoms with van der Waals surface area (Å²) in [4.78, 5) is 0. The van der Waals surface area contributed by atoms with E-state index in [-0.39, 0.29) is 0 Å². The molecule has 1 N–H and O–H groups in total. The van der Waals surface area contributed by atoms with Gasteiger partial charge in [0.25, 0.3) is 0 Å². The van der Waals surface area contributed by atoms with Crippen molar-refractivity contribution in [2.45, 2.75) is 6.42 Å². The van der Waals surface area contributed by atoms with E-state index < -0.39 is 0 Å². The molecule has 6 heavy (non-hydrogen) atoms. The van der Waals surface area contributed by atoms with Gasteiger partial charge < -0.3 is 5.11 Å². The average Bonchev–Trinajstić information content (AvgIpc) is 1.61. The van der Waals surface area contributed by atoms with Crippen molar-refractivity contribution in [3.05, 3.63) is 25.0 Å². The normalized spacial score (nSPS) is 9.33. The molecule has 0 bridgehead atoms. The molecule has 0 aromatic carbocycles. The highest BCUT2D eigenvalue weighted by Gasteiger charge is 1.59. The zero-order chi connectivity index (χ0) is 4.83. The van der Waals surface area contributed by atoms with Gasteiger partial charge in [0, 0.05) is 0 Å². The monoisotopic (exact) mass is 84.1 g/mol. The largest absolute Gasteiger partial charge is 0.516 e. The van der Waals surface area contributed by atoms with E-state index in [4.69, 9.17) is 5.11 Å². The molecule has 0 atom stereocenters. The molecule has 0 saturated heterocycles. The molecule has 1 heteroatoms. The molecule has 0 unspecified atom stereocenters. The minimum absolute atomic E-state index is 0.747. The summed E-state index contributed by atoms with van der Waals surface area (Å²) in [6.07, 6.45) is 5.10. The standard InChI is InChI=1S/C5H8O/c1-2-3-4-5-6/h2,4-6H,1,3H2/b5-4-. The molecule has 0 saturated carbocycles. The van der Waals surface area contributed by atoms with Crippen LogP contribution in [0.1, 0.15) is 6.42 Å². The molecule has 0 radical (unpaired) electrons. The smallest absolute Gasteiger partial charge is 0.0754 e. The molecule has 0 aliphatic carbocycles. The molecule has 0 aromatic rings. The van der Waals surface area contributed by atoms with Gasteiger partial charge in [0.2, 0.25) is 0 Å². The predicted molar refractivity (Wildman–Crippen MR) is 26.6 cm³/mol. The quantitative estimate of drug-likeness (QED) is 0.398. The van der Waals surface area contributed by atoms with Gasteiger partial charge >= 0.3 is 0 Å². The summed E-state index contributed by atoms with van der Waals surface area (Å²) in [5, 5.41) is 7.97. The Morgan fingerprint density at radius 1 is 1.67 bits per heavy atom. The highest BCUT2D eigenvalue weighted by Crippen LogP contribution is 1.77. The molecule has 34 valence electrons. The Labute approximate surface area is 37.6 Å². The average molecular weight is 84.1 g/mol. The van der Waals surface area contributed by atoms with E-state index in [0.717, 1.165) is 12.7 Å². The van der Waals surface area contributed by atoms with Gasteiger partial charge in [-0.15, -0.1) is 6.58 Å². The minimum atomic E-state index is 0.747. The lowest BCUT2D eigenvalue weighted by molar-refractivity contribution is 0.471. The zero-order valence-electron chi connectivity index (χ0n) is 3.59. The number of aliphatic hydroxyl groups excluding tert-OH is 1. The SMILES string of the molecule is C=CC/C=C\O. The first-order valence-electron chi connectivity index (χ1n) is 1.82. The van der Waals surface area contributed by atoms with Gasteiger partial charge in [-0.2, -0.15) is 0 Å². The molecule has 0 aromatic heterocycles. The second kappa shape index (κ2) is 4.28. The van der Waals surface area contributed by atoms with Crippen LogP contribution in [0.25, 0.3) is 0 Å². The van der Waals surface area contributed by atoms with Crippen molar-refractivity contribution in [1.29, 1.82) is 0 Å². The highest BCUT2D eigenvalue weighted by atomic mass is 16.2. The Bertz CT molecular complexity index is 55.0. The van der Waals surface area contributed by atoms with Crippen LogP contribution in [0, 0.1) is 0 Å². The lowest BCUT2D eigenvalue weighted by Crippen LogP contribution is -1.51. The maximum atomic E-state index is 7.97. The van der Waals surface area contributed by atoms with Crippen LogP contribution in [0.15, 0.2) is 25.0 Å². The molecule has 0 fully saturated rings. The molecule has 0 amide bonds. The summed E-state index contributed by atoms with van der Waals surface area (Å²) < 4.78 is 0. The Kier molecular flexibility index (Phi) is 3.77. The summed E-state index contributed by atoms with van der Waals surface area (Å²) in [5.74, 6) is 0. The maximum absolute atomic E-state index is 7.97. The van der Waals surface area contributed by atoms with Crippen molar-refractivity contribution >= 4 is 0 Å². The molecular weight excluding hydrogens is 76.1 g/mol. The van der Waals surface area contributed by atoms with Crippen molar-refractivity contribution in [2.24, 2.45) is 0 Å². The van der Waals surface area contributed by atoms with Crippen LogP contribution in [0.5, 0.6) is 0 Å². The van der Waals surface area contributed by atoms with Crippen molar-refractivity contribution in [2.75, 3.05) is 0 Å². The van der Waals surface area contributed by atoms with Crippen molar-refractivity contribution < 1.29 is 5.11 Å². The molecular formula is C5H8O. The Balaban J connectivity index is 2.85. The topological polar surface area (TPSA) is 20.2 Å². The summed E-state index contributed by atoms with van der Waals surface area (Å²) in [7, 11) is 0. The lowest BCUT2D eigenvalue weighted by atomic mass is 10.4. The molecule has 1 nitrogen and oxygen atoms in total. The third-order valence-corrected chi connectivity index (χ3v) is 0.408. The molecule has 0 aliphatic heterocycles. The first kappa shape index (κ1) is 5.28. The van der Waals surface area contributed by atoms with Gasteiger partial charge in [0.05, 0.1) is 6.26 Å². The second-order valence-corrected chi connectivity index (χ2v) is 0.909. The fourth-order valence-electron chi connectivity index (χ4n) is 0.157. The van der Waals surface area contributed by atoms with Gasteiger partial charge in [-0.3, -0.25) is 0 Å². The molecule has 0 aliphatic rings. The predicted octanol–water partition coefficient (Wildman–Crippen LogP) is 1.63. The number of hydrogen-bond acceptors (Lipinski definition) is 1. The Morgan fingerprint density at radius 2 is 2.33 bits per heavy atom. The van der Waals surface area contributed by atoms with Gasteiger partial charge in [-0.25, -0.2) is 0 Å². The first-order chi connectivity index (χ1) is 2.91. The van der Waals surface area contributed by atoms with Gasteiger partial charge in [-0.05, 0) is 12.5 Å². The minimum Gasteiger partial charge on any atom is -0.516 e. The maximum Gasteiger partial charge on any atom is 0.0754 e. The fraction of sp³-hybridized carbons (Fsp3) is 0.200. The van der Waals surface area contributed by atoms with E-state index >= 15 is 0 Å². The van der Waals surface area contributed by atoms with Crippen molar-refractivity contribution in [3.63, 3.8) is 0 Å². The van der Waals surface area contributed by atoms with Crippen LogP contribution in [0.2, 0.25) is 0 Å². The van der Waals surface area contributed by atoms with Crippen LogP contribution < -0.4 is 0 Å². The lowest BCUT2D eigenvalue weighted by Gasteiger charge is -1.69. The van der Waals surface area contributed by atoms with E-state index in [2.05, 4.69) is 6.58 Å². The van der Waals surface area contributed by atoms with Crippen LogP contribution in [0.4, 0.5) is 0 Å². The van der Waals surface area contributed by atoms with E-state index in [9.17, 15) is 0 Å². The van der Waals surface area contributed by atoms with Crippen LogP contribution >= 0.6 is 0 Å². The zero-order valence-corrected chi connectivity index (χ0v) is 3.59. The molecule has 0 rings (SSSR count). The van der Waals surface area contributed by atoms with Crippen LogP contribution in [0.3, 0.4) is 0 Å². The highest BCUT2D eigenvalue weighted by molar-refractivity contribution is 4.81. The Hall–Kier alpha value is -0.720. The van der Waals surface area contributed by atoms with Crippen LogP contribution in [-0.2, 0) is 0 Å². The third-order valence-electron chi connectivity index (χ3n) is 0.408. The van der Waals surface area contributed by atoms with Gasteiger partial charge in [0.15, 0.2) is 0 Å².